The van der Waals surface area contributed by atoms with Crippen LogP contribution in [0.5, 0.6) is 11.5 Å². The number of halogens is 1. The number of nitrogens with zero attached hydrogens (tertiary/aromatic N) is 2. The Bertz CT molecular complexity index is 946. The number of methoxy groups -OCH3 is 2. The highest BCUT2D eigenvalue weighted by Gasteiger charge is 2.24. The fourth-order valence-electron chi connectivity index (χ4n) is 3.66. The van der Waals surface area contributed by atoms with Crippen molar-refractivity contribution in [2.24, 2.45) is 0 Å². The lowest BCUT2D eigenvalue weighted by Gasteiger charge is -2.34. The number of hydrogen-bond donors (Lipinski definition) is 1. The van der Waals surface area contributed by atoms with Gasteiger partial charge in [0.1, 0.15) is 6.61 Å². The molecule has 3 rings (SSSR count). The molecular formula is C25H32ClN3O5. The molecule has 0 aromatic heterocycles. The van der Waals surface area contributed by atoms with Gasteiger partial charge in [0, 0.05) is 57.0 Å². The first-order chi connectivity index (χ1) is 16.5. The Morgan fingerprint density at radius 3 is 2.41 bits per heavy atom. The van der Waals surface area contributed by atoms with Gasteiger partial charge in [0.05, 0.1) is 13.7 Å². The predicted octanol–water partition coefficient (Wildman–Crippen LogP) is 2.84. The van der Waals surface area contributed by atoms with Gasteiger partial charge in [-0.05, 0) is 42.3 Å². The van der Waals surface area contributed by atoms with E-state index < -0.39 is 0 Å². The minimum atomic E-state index is -0.0637. The topological polar surface area (TPSA) is 80.3 Å². The third-order valence-electron chi connectivity index (χ3n) is 5.59. The first-order valence-electron chi connectivity index (χ1n) is 11.3. The van der Waals surface area contributed by atoms with Crippen LogP contribution >= 0.6 is 11.6 Å². The number of ether oxygens (including phenoxy) is 3. The van der Waals surface area contributed by atoms with Crippen molar-refractivity contribution in [2.75, 3.05) is 60.1 Å². The molecule has 2 amide bonds. The Balaban J connectivity index is 1.49. The number of rotatable bonds is 11. The summed E-state index contributed by atoms with van der Waals surface area (Å²) in [6, 6.07) is 12.6. The van der Waals surface area contributed by atoms with Crippen molar-refractivity contribution in [3.8, 4) is 11.5 Å². The SMILES string of the molecule is COCCCNC(=O)CN1CCN(C(=O)c2ccc(OCc3ccc(Cl)cc3)c(OC)c2)CC1. The number of benzene rings is 2. The molecule has 184 valence electrons. The van der Waals surface area contributed by atoms with Crippen LogP contribution in [0.1, 0.15) is 22.3 Å². The van der Waals surface area contributed by atoms with E-state index in [0.717, 1.165) is 12.0 Å². The lowest BCUT2D eigenvalue weighted by molar-refractivity contribution is -0.122. The lowest BCUT2D eigenvalue weighted by atomic mass is 10.1. The first-order valence-corrected chi connectivity index (χ1v) is 11.7. The maximum absolute atomic E-state index is 13.0. The zero-order valence-corrected chi connectivity index (χ0v) is 20.5. The summed E-state index contributed by atoms with van der Waals surface area (Å²) in [5.41, 5.74) is 1.52. The second-order valence-electron chi connectivity index (χ2n) is 8.05. The van der Waals surface area contributed by atoms with E-state index in [9.17, 15) is 9.59 Å². The van der Waals surface area contributed by atoms with Crippen LogP contribution in [0.4, 0.5) is 0 Å². The van der Waals surface area contributed by atoms with Crippen molar-refractivity contribution in [1.82, 2.24) is 15.1 Å². The van der Waals surface area contributed by atoms with Gasteiger partial charge in [-0.1, -0.05) is 23.7 Å². The molecule has 0 unspecified atom stereocenters. The number of carbonyl (C=O) groups is 2. The minimum absolute atomic E-state index is 0.00481. The molecule has 1 aliphatic rings. The molecular weight excluding hydrogens is 458 g/mol. The highest BCUT2D eigenvalue weighted by Crippen LogP contribution is 2.29. The van der Waals surface area contributed by atoms with Crippen LogP contribution in [-0.4, -0.2) is 81.7 Å². The molecule has 1 saturated heterocycles. The Labute approximate surface area is 205 Å². The summed E-state index contributed by atoms with van der Waals surface area (Å²) in [5, 5.41) is 3.57. The zero-order chi connectivity index (χ0) is 24.3. The maximum atomic E-state index is 13.0. The van der Waals surface area contributed by atoms with E-state index in [1.807, 2.05) is 24.3 Å². The molecule has 0 aliphatic carbocycles. The van der Waals surface area contributed by atoms with Crippen molar-refractivity contribution in [1.29, 1.82) is 0 Å². The number of hydrogen-bond acceptors (Lipinski definition) is 6. The second-order valence-corrected chi connectivity index (χ2v) is 8.48. The smallest absolute Gasteiger partial charge is 0.254 e. The molecule has 0 spiro atoms. The summed E-state index contributed by atoms with van der Waals surface area (Å²) in [5.74, 6) is 1.000. The van der Waals surface area contributed by atoms with Crippen molar-refractivity contribution in [3.63, 3.8) is 0 Å². The van der Waals surface area contributed by atoms with E-state index in [4.69, 9.17) is 25.8 Å². The summed E-state index contributed by atoms with van der Waals surface area (Å²) in [7, 11) is 3.20. The Morgan fingerprint density at radius 1 is 1.00 bits per heavy atom. The average Bonchev–Trinajstić information content (AvgIpc) is 2.86. The summed E-state index contributed by atoms with van der Waals surface area (Å²) >= 11 is 5.92. The normalized spacial score (nSPS) is 14.0. The van der Waals surface area contributed by atoms with Gasteiger partial charge in [-0.3, -0.25) is 14.5 Å². The molecule has 1 aliphatic heterocycles. The van der Waals surface area contributed by atoms with Gasteiger partial charge in [-0.2, -0.15) is 0 Å². The summed E-state index contributed by atoms with van der Waals surface area (Å²) in [6.45, 7) is 4.35. The van der Waals surface area contributed by atoms with Crippen molar-refractivity contribution in [3.05, 3.63) is 58.6 Å². The fraction of sp³-hybridized carbons (Fsp3) is 0.440. The van der Waals surface area contributed by atoms with Crippen molar-refractivity contribution >= 4 is 23.4 Å². The van der Waals surface area contributed by atoms with Crippen LogP contribution in [0, 0.1) is 0 Å². The highest BCUT2D eigenvalue weighted by atomic mass is 35.5. The van der Waals surface area contributed by atoms with E-state index in [1.165, 1.54) is 0 Å². The van der Waals surface area contributed by atoms with Crippen molar-refractivity contribution in [2.45, 2.75) is 13.0 Å². The summed E-state index contributed by atoms with van der Waals surface area (Å²) < 4.78 is 16.3. The van der Waals surface area contributed by atoms with E-state index in [2.05, 4.69) is 10.2 Å². The number of amides is 2. The van der Waals surface area contributed by atoms with Crippen LogP contribution in [-0.2, 0) is 16.1 Å². The van der Waals surface area contributed by atoms with E-state index in [1.54, 1.807) is 37.3 Å². The Kier molecular flexibility index (Phi) is 10.00. The van der Waals surface area contributed by atoms with E-state index in [-0.39, 0.29) is 11.8 Å². The molecule has 0 saturated carbocycles. The Morgan fingerprint density at radius 2 is 1.74 bits per heavy atom. The molecule has 34 heavy (non-hydrogen) atoms. The molecule has 2 aromatic rings. The molecule has 0 bridgehead atoms. The predicted molar refractivity (Wildman–Crippen MR) is 131 cm³/mol. The van der Waals surface area contributed by atoms with Gasteiger partial charge in [0.25, 0.3) is 5.91 Å². The Hall–Kier alpha value is -2.81. The van der Waals surface area contributed by atoms with Gasteiger partial charge in [0.2, 0.25) is 5.91 Å². The zero-order valence-electron chi connectivity index (χ0n) is 19.7. The van der Waals surface area contributed by atoms with Crippen LogP contribution in [0.2, 0.25) is 5.02 Å². The molecule has 1 N–H and O–H groups in total. The number of carbonyl (C=O) groups excluding carboxylic acids is 2. The maximum Gasteiger partial charge on any atom is 0.254 e. The monoisotopic (exact) mass is 489 g/mol. The fourth-order valence-corrected chi connectivity index (χ4v) is 3.78. The standard InChI is InChI=1S/C25H32ClN3O5/c1-32-15-3-10-27-24(30)17-28-11-13-29(14-12-28)25(31)20-6-9-22(23(16-20)33-2)34-18-19-4-7-21(26)8-5-19/h4-9,16H,3,10-15,17-18H2,1-2H3,(H,27,30). The van der Waals surface area contributed by atoms with Crippen LogP contribution < -0.4 is 14.8 Å². The molecule has 9 heteroatoms. The molecule has 0 radical (unpaired) electrons. The second kappa shape index (κ2) is 13.2. The molecule has 1 heterocycles. The van der Waals surface area contributed by atoms with Crippen LogP contribution in [0.3, 0.4) is 0 Å². The lowest BCUT2D eigenvalue weighted by Crippen LogP contribution is -2.51. The minimum Gasteiger partial charge on any atom is -0.493 e. The third kappa shape index (κ3) is 7.62. The van der Waals surface area contributed by atoms with Crippen molar-refractivity contribution < 1.29 is 23.8 Å². The molecule has 1 fully saturated rings. The summed E-state index contributed by atoms with van der Waals surface area (Å²) in [4.78, 5) is 29.0. The average molecular weight is 490 g/mol. The van der Waals surface area contributed by atoms with Crippen LogP contribution in [0.25, 0.3) is 0 Å². The van der Waals surface area contributed by atoms with Gasteiger partial charge in [-0.15, -0.1) is 0 Å². The number of piperazine rings is 1. The van der Waals surface area contributed by atoms with Gasteiger partial charge in [-0.25, -0.2) is 0 Å². The third-order valence-corrected chi connectivity index (χ3v) is 5.84. The van der Waals surface area contributed by atoms with Crippen LogP contribution in [0.15, 0.2) is 42.5 Å². The van der Waals surface area contributed by atoms with E-state index in [0.29, 0.717) is 74.6 Å². The van der Waals surface area contributed by atoms with Gasteiger partial charge >= 0.3 is 0 Å². The number of nitrogens with one attached hydrogen (secondary N) is 1. The largest absolute Gasteiger partial charge is 0.493 e. The first kappa shape index (κ1) is 25.8. The molecule has 0 atom stereocenters. The highest BCUT2D eigenvalue weighted by molar-refractivity contribution is 6.30. The molecule has 2 aromatic carbocycles. The molecule has 8 nitrogen and oxygen atoms in total. The van der Waals surface area contributed by atoms with Gasteiger partial charge in [0.15, 0.2) is 11.5 Å². The van der Waals surface area contributed by atoms with Gasteiger partial charge < -0.3 is 24.4 Å². The summed E-state index contributed by atoms with van der Waals surface area (Å²) in [6.07, 6.45) is 0.791. The van der Waals surface area contributed by atoms with E-state index >= 15 is 0 Å². The quantitative estimate of drug-likeness (QED) is 0.489.